The Hall–Kier alpha value is -2.44. The standard InChI is InChI=1S/C20H23N3O3/c1-14-3-4-18-16(11-20(24)25-19(18)9-14)12-22-5-7-23(8-6-22)13-17-10-15(2)21-26-17/h3-4,9-11H,5-8,12-13H2,1-2H3. The maximum absolute atomic E-state index is 11.9. The molecule has 6 nitrogen and oxygen atoms in total. The quantitative estimate of drug-likeness (QED) is 0.672. The van der Waals surface area contributed by atoms with Gasteiger partial charge in [-0.1, -0.05) is 17.3 Å². The lowest BCUT2D eigenvalue weighted by molar-refractivity contribution is 0.114. The second kappa shape index (κ2) is 7.05. The highest BCUT2D eigenvalue weighted by Gasteiger charge is 2.19. The van der Waals surface area contributed by atoms with Crippen molar-refractivity contribution in [3.8, 4) is 0 Å². The largest absolute Gasteiger partial charge is 0.423 e. The summed E-state index contributed by atoms with van der Waals surface area (Å²) in [6, 6.07) is 9.65. The van der Waals surface area contributed by atoms with E-state index in [1.165, 1.54) is 0 Å². The molecule has 136 valence electrons. The Morgan fingerprint density at radius 1 is 1.00 bits per heavy atom. The van der Waals surface area contributed by atoms with Crippen LogP contribution in [-0.4, -0.2) is 41.1 Å². The van der Waals surface area contributed by atoms with Crippen LogP contribution in [0.2, 0.25) is 0 Å². The van der Waals surface area contributed by atoms with Crippen molar-refractivity contribution < 1.29 is 8.94 Å². The molecule has 1 aliphatic rings. The molecule has 3 heterocycles. The molecule has 0 radical (unpaired) electrons. The smallest absolute Gasteiger partial charge is 0.336 e. The van der Waals surface area contributed by atoms with Gasteiger partial charge in [0.15, 0.2) is 5.76 Å². The summed E-state index contributed by atoms with van der Waals surface area (Å²) in [5, 5.41) is 4.97. The first-order valence-electron chi connectivity index (χ1n) is 8.97. The lowest BCUT2D eigenvalue weighted by Crippen LogP contribution is -2.45. The summed E-state index contributed by atoms with van der Waals surface area (Å²) in [6.45, 7) is 9.36. The molecule has 0 spiro atoms. The second-order valence-electron chi connectivity index (χ2n) is 7.08. The minimum atomic E-state index is -0.280. The maximum atomic E-state index is 11.9. The number of aryl methyl sites for hydroxylation is 2. The molecule has 0 N–H and O–H groups in total. The van der Waals surface area contributed by atoms with E-state index in [9.17, 15) is 4.79 Å². The molecule has 1 saturated heterocycles. The number of hydrogen-bond acceptors (Lipinski definition) is 6. The van der Waals surface area contributed by atoms with E-state index in [0.29, 0.717) is 5.58 Å². The number of fused-ring (bicyclic) bond motifs is 1. The summed E-state index contributed by atoms with van der Waals surface area (Å²) in [6.07, 6.45) is 0. The first kappa shape index (κ1) is 17.0. The van der Waals surface area contributed by atoms with Crippen LogP contribution in [-0.2, 0) is 13.1 Å². The van der Waals surface area contributed by atoms with Gasteiger partial charge in [-0.25, -0.2) is 4.79 Å². The van der Waals surface area contributed by atoms with Gasteiger partial charge in [-0.05, 0) is 31.0 Å². The van der Waals surface area contributed by atoms with Gasteiger partial charge in [-0.2, -0.15) is 0 Å². The molecule has 0 aliphatic carbocycles. The molecule has 1 aromatic carbocycles. The zero-order chi connectivity index (χ0) is 18.1. The van der Waals surface area contributed by atoms with Gasteiger partial charge in [-0.15, -0.1) is 0 Å². The normalized spacial score (nSPS) is 16.4. The van der Waals surface area contributed by atoms with Gasteiger partial charge in [0.1, 0.15) is 5.58 Å². The van der Waals surface area contributed by atoms with E-state index >= 15 is 0 Å². The highest BCUT2D eigenvalue weighted by atomic mass is 16.5. The fourth-order valence-electron chi connectivity index (χ4n) is 3.53. The van der Waals surface area contributed by atoms with E-state index in [2.05, 4.69) is 21.0 Å². The third-order valence-electron chi connectivity index (χ3n) is 4.90. The fourth-order valence-corrected chi connectivity index (χ4v) is 3.53. The Morgan fingerprint density at radius 3 is 2.42 bits per heavy atom. The number of piperazine rings is 1. The van der Waals surface area contributed by atoms with Crippen LogP contribution in [0, 0.1) is 13.8 Å². The van der Waals surface area contributed by atoms with Crippen molar-refractivity contribution in [2.45, 2.75) is 26.9 Å². The highest BCUT2D eigenvalue weighted by molar-refractivity contribution is 5.80. The monoisotopic (exact) mass is 353 g/mol. The van der Waals surface area contributed by atoms with Gasteiger partial charge in [-0.3, -0.25) is 9.80 Å². The Labute approximate surface area is 152 Å². The number of nitrogens with zero attached hydrogens (tertiary/aromatic N) is 3. The molecule has 2 aromatic heterocycles. The van der Waals surface area contributed by atoms with Gasteiger partial charge in [0, 0.05) is 50.2 Å². The van der Waals surface area contributed by atoms with Crippen LogP contribution < -0.4 is 5.63 Å². The van der Waals surface area contributed by atoms with Crippen molar-refractivity contribution in [1.82, 2.24) is 15.0 Å². The first-order chi connectivity index (χ1) is 12.6. The molecule has 0 atom stereocenters. The Balaban J connectivity index is 1.43. The van der Waals surface area contributed by atoms with E-state index in [0.717, 1.165) is 67.2 Å². The summed E-state index contributed by atoms with van der Waals surface area (Å²) >= 11 is 0. The average molecular weight is 353 g/mol. The molecule has 1 fully saturated rings. The van der Waals surface area contributed by atoms with E-state index in [1.807, 2.05) is 32.0 Å². The van der Waals surface area contributed by atoms with E-state index in [-0.39, 0.29) is 5.63 Å². The number of aromatic nitrogens is 1. The molecular formula is C20H23N3O3. The summed E-state index contributed by atoms with van der Waals surface area (Å²) in [5.41, 5.74) is 3.44. The summed E-state index contributed by atoms with van der Waals surface area (Å²) in [7, 11) is 0. The molecule has 0 unspecified atom stereocenters. The highest BCUT2D eigenvalue weighted by Crippen LogP contribution is 2.20. The Bertz CT molecular complexity index is 968. The van der Waals surface area contributed by atoms with Gasteiger partial charge in [0.2, 0.25) is 0 Å². The first-order valence-corrected chi connectivity index (χ1v) is 8.97. The predicted octanol–water partition coefficient (Wildman–Crippen LogP) is 2.72. The van der Waals surface area contributed by atoms with Crippen LogP contribution in [0.25, 0.3) is 11.0 Å². The number of rotatable bonds is 4. The van der Waals surface area contributed by atoms with Crippen LogP contribution in [0.3, 0.4) is 0 Å². The van der Waals surface area contributed by atoms with Crippen LogP contribution in [0.5, 0.6) is 0 Å². The minimum absolute atomic E-state index is 0.280. The second-order valence-corrected chi connectivity index (χ2v) is 7.08. The third kappa shape index (κ3) is 3.71. The molecule has 0 amide bonds. The Kier molecular flexibility index (Phi) is 4.61. The van der Waals surface area contributed by atoms with Gasteiger partial charge in [0.05, 0.1) is 12.2 Å². The van der Waals surface area contributed by atoms with Crippen LogP contribution in [0.15, 0.2) is 44.1 Å². The van der Waals surface area contributed by atoms with Crippen LogP contribution in [0.1, 0.15) is 22.6 Å². The molecule has 0 saturated carbocycles. The van der Waals surface area contributed by atoms with E-state index < -0.39 is 0 Å². The third-order valence-corrected chi connectivity index (χ3v) is 4.90. The van der Waals surface area contributed by atoms with Gasteiger partial charge >= 0.3 is 5.63 Å². The molecule has 1 aliphatic heterocycles. The van der Waals surface area contributed by atoms with Crippen LogP contribution in [0.4, 0.5) is 0 Å². The number of benzene rings is 1. The molecule has 4 rings (SSSR count). The topological polar surface area (TPSA) is 62.7 Å². The van der Waals surface area contributed by atoms with Gasteiger partial charge < -0.3 is 8.94 Å². The summed E-state index contributed by atoms with van der Waals surface area (Å²) in [5.74, 6) is 0.915. The Morgan fingerprint density at radius 2 is 1.73 bits per heavy atom. The van der Waals surface area contributed by atoms with Crippen molar-refractivity contribution in [3.63, 3.8) is 0 Å². The molecule has 6 heteroatoms. The van der Waals surface area contributed by atoms with Crippen molar-refractivity contribution in [3.05, 3.63) is 63.3 Å². The van der Waals surface area contributed by atoms with E-state index in [4.69, 9.17) is 8.94 Å². The lowest BCUT2D eigenvalue weighted by Gasteiger charge is -2.34. The molecule has 26 heavy (non-hydrogen) atoms. The SMILES string of the molecule is Cc1ccc2c(CN3CCN(Cc4cc(C)no4)CC3)cc(=O)oc2c1. The zero-order valence-corrected chi connectivity index (χ0v) is 15.2. The average Bonchev–Trinajstić information content (AvgIpc) is 3.01. The summed E-state index contributed by atoms with van der Waals surface area (Å²) in [4.78, 5) is 16.7. The maximum Gasteiger partial charge on any atom is 0.336 e. The fraction of sp³-hybridized carbons (Fsp3) is 0.400. The van der Waals surface area contributed by atoms with Crippen molar-refractivity contribution in [1.29, 1.82) is 0 Å². The van der Waals surface area contributed by atoms with Crippen LogP contribution >= 0.6 is 0 Å². The lowest BCUT2D eigenvalue weighted by atomic mass is 10.1. The van der Waals surface area contributed by atoms with Crippen molar-refractivity contribution in [2.24, 2.45) is 0 Å². The molecular weight excluding hydrogens is 330 g/mol. The summed E-state index contributed by atoms with van der Waals surface area (Å²) < 4.78 is 10.7. The number of hydrogen-bond donors (Lipinski definition) is 0. The molecule has 0 bridgehead atoms. The van der Waals surface area contributed by atoms with Gasteiger partial charge in [0.25, 0.3) is 0 Å². The zero-order valence-electron chi connectivity index (χ0n) is 15.2. The predicted molar refractivity (Wildman–Crippen MR) is 99.0 cm³/mol. The minimum Gasteiger partial charge on any atom is -0.423 e. The van der Waals surface area contributed by atoms with E-state index in [1.54, 1.807) is 6.07 Å². The molecule has 3 aromatic rings. The van der Waals surface area contributed by atoms with Crippen molar-refractivity contribution in [2.75, 3.05) is 26.2 Å². The van der Waals surface area contributed by atoms with Crippen molar-refractivity contribution >= 4 is 11.0 Å².